The molecule has 0 aliphatic heterocycles. The van der Waals surface area contributed by atoms with Crippen LogP contribution in [0.1, 0.15) is 33.2 Å². The molecule has 0 unspecified atom stereocenters. The number of carboxylic acids is 1. The van der Waals surface area contributed by atoms with Crippen molar-refractivity contribution in [2.45, 2.75) is 6.92 Å². The van der Waals surface area contributed by atoms with E-state index >= 15 is 0 Å². The molecule has 0 aliphatic carbocycles. The number of carboxylic acid groups (broad SMARTS) is 1. The van der Waals surface area contributed by atoms with E-state index in [9.17, 15) is 9.59 Å². The summed E-state index contributed by atoms with van der Waals surface area (Å²) in [5.74, 6) is -1.63. The number of aromatic carboxylic acids is 1. The van der Waals surface area contributed by atoms with Crippen LogP contribution in [0, 0.1) is 11.3 Å². The summed E-state index contributed by atoms with van der Waals surface area (Å²) >= 11 is 0. The quantitative estimate of drug-likeness (QED) is 0.856. The minimum atomic E-state index is -1.12. The third-order valence-electron chi connectivity index (χ3n) is 2.70. The molecule has 0 aliphatic rings. The number of carbonyl (C=O) groups excluding carboxylic acids is 1. The van der Waals surface area contributed by atoms with Crippen molar-refractivity contribution in [3.8, 4) is 11.8 Å². The molecule has 0 saturated heterocycles. The smallest absolute Gasteiger partial charge is 0.341 e. The number of benzene rings is 1. The molecule has 1 aromatic carbocycles. The number of nitrogens with zero attached hydrogens (tertiary/aromatic N) is 3. The van der Waals surface area contributed by atoms with Crippen molar-refractivity contribution in [2.24, 2.45) is 0 Å². The molecule has 2 aromatic rings. The van der Waals surface area contributed by atoms with Gasteiger partial charge in [-0.1, -0.05) is 0 Å². The molecule has 0 amide bonds. The van der Waals surface area contributed by atoms with Crippen molar-refractivity contribution >= 4 is 11.9 Å². The minimum Gasteiger partial charge on any atom is -0.478 e. The van der Waals surface area contributed by atoms with Gasteiger partial charge in [0.2, 0.25) is 0 Å². The van der Waals surface area contributed by atoms with Crippen LogP contribution < -0.4 is 0 Å². The standard InChI is InChI=1S/C14H11N3O4/c1-2-21-14(20)11-7-16-17(8-11)12-4-3-9(13(18)19)5-10(12)6-15/h3-5,7-8H,2H2,1H3,(H,18,19). The van der Waals surface area contributed by atoms with Crippen LogP contribution in [0.4, 0.5) is 0 Å². The number of rotatable bonds is 4. The average molecular weight is 285 g/mol. The number of nitriles is 1. The van der Waals surface area contributed by atoms with Crippen molar-refractivity contribution in [1.82, 2.24) is 9.78 Å². The summed E-state index contributed by atoms with van der Waals surface area (Å²) in [7, 11) is 0. The Balaban J connectivity index is 2.41. The van der Waals surface area contributed by atoms with E-state index in [1.165, 1.54) is 35.3 Å². The van der Waals surface area contributed by atoms with Crippen LogP contribution in [0.5, 0.6) is 0 Å². The highest BCUT2D eigenvalue weighted by molar-refractivity contribution is 5.89. The van der Waals surface area contributed by atoms with Crippen LogP contribution in [0.15, 0.2) is 30.6 Å². The van der Waals surface area contributed by atoms with Crippen molar-refractivity contribution in [3.63, 3.8) is 0 Å². The molecule has 1 N–H and O–H groups in total. The van der Waals surface area contributed by atoms with Gasteiger partial charge < -0.3 is 9.84 Å². The summed E-state index contributed by atoms with van der Waals surface area (Å²) in [4.78, 5) is 22.5. The fourth-order valence-corrected chi connectivity index (χ4v) is 1.73. The summed E-state index contributed by atoms with van der Waals surface area (Å²) in [5.41, 5.74) is 0.794. The Hall–Kier alpha value is -3.14. The second-order valence-electron chi connectivity index (χ2n) is 4.04. The Bertz CT molecular complexity index is 743. The number of hydrogen-bond donors (Lipinski definition) is 1. The lowest BCUT2D eigenvalue weighted by Crippen LogP contribution is -2.04. The zero-order chi connectivity index (χ0) is 15.4. The largest absolute Gasteiger partial charge is 0.478 e. The maximum absolute atomic E-state index is 11.6. The number of ether oxygens (including phenoxy) is 1. The van der Waals surface area contributed by atoms with Crippen LogP contribution in [0.2, 0.25) is 0 Å². The van der Waals surface area contributed by atoms with Gasteiger partial charge in [0.05, 0.1) is 35.2 Å². The maximum Gasteiger partial charge on any atom is 0.341 e. The van der Waals surface area contributed by atoms with Gasteiger partial charge >= 0.3 is 11.9 Å². The lowest BCUT2D eigenvalue weighted by atomic mass is 10.1. The van der Waals surface area contributed by atoms with Crippen LogP contribution in [-0.2, 0) is 4.74 Å². The van der Waals surface area contributed by atoms with Crippen molar-refractivity contribution in [2.75, 3.05) is 6.61 Å². The first kappa shape index (κ1) is 14.3. The van der Waals surface area contributed by atoms with Gasteiger partial charge in [-0.2, -0.15) is 10.4 Å². The Labute approximate surface area is 120 Å². The van der Waals surface area contributed by atoms with E-state index in [0.717, 1.165) is 0 Å². The van der Waals surface area contributed by atoms with Gasteiger partial charge in [-0.25, -0.2) is 14.3 Å². The van der Waals surface area contributed by atoms with Gasteiger partial charge in [-0.05, 0) is 25.1 Å². The number of hydrogen-bond acceptors (Lipinski definition) is 5. The topological polar surface area (TPSA) is 105 Å². The zero-order valence-electron chi connectivity index (χ0n) is 11.1. The van der Waals surface area contributed by atoms with E-state index in [1.807, 2.05) is 6.07 Å². The molecule has 106 valence electrons. The highest BCUT2D eigenvalue weighted by Crippen LogP contribution is 2.16. The predicted molar refractivity (Wildman–Crippen MR) is 71.2 cm³/mol. The lowest BCUT2D eigenvalue weighted by molar-refractivity contribution is 0.0526. The molecule has 0 saturated carbocycles. The lowest BCUT2D eigenvalue weighted by Gasteiger charge is -2.04. The molecule has 0 radical (unpaired) electrons. The molecule has 0 bridgehead atoms. The molecule has 1 aromatic heterocycles. The number of carbonyl (C=O) groups is 2. The molecule has 1 heterocycles. The van der Waals surface area contributed by atoms with Gasteiger partial charge in [-0.3, -0.25) is 0 Å². The molecule has 0 atom stereocenters. The van der Waals surface area contributed by atoms with E-state index in [1.54, 1.807) is 6.92 Å². The fourth-order valence-electron chi connectivity index (χ4n) is 1.73. The normalized spacial score (nSPS) is 9.90. The predicted octanol–water partition coefficient (Wildman–Crippen LogP) is 1.62. The van der Waals surface area contributed by atoms with Gasteiger partial charge in [0.25, 0.3) is 0 Å². The zero-order valence-corrected chi connectivity index (χ0v) is 11.1. The molecular formula is C14H11N3O4. The first-order chi connectivity index (χ1) is 10.1. The number of aromatic nitrogens is 2. The maximum atomic E-state index is 11.6. The second kappa shape index (κ2) is 5.88. The van der Waals surface area contributed by atoms with E-state index < -0.39 is 11.9 Å². The summed E-state index contributed by atoms with van der Waals surface area (Å²) in [5, 5.41) is 22.0. The van der Waals surface area contributed by atoms with Crippen LogP contribution >= 0.6 is 0 Å². The van der Waals surface area contributed by atoms with E-state index in [2.05, 4.69) is 5.10 Å². The Morgan fingerprint density at radius 1 is 1.43 bits per heavy atom. The van der Waals surface area contributed by atoms with E-state index in [0.29, 0.717) is 5.69 Å². The minimum absolute atomic E-state index is 0.00747. The van der Waals surface area contributed by atoms with Crippen molar-refractivity contribution in [1.29, 1.82) is 5.26 Å². The van der Waals surface area contributed by atoms with Crippen LogP contribution in [-0.4, -0.2) is 33.4 Å². The Kier molecular flexibility index (Phi) is 4.00. The fraction of sp³-hybridized carbons (Fsp3) is 0.143. The molecule has 21 heavy (non-hydrogen) atoms. The van der Waals surface area contributed by atoms with Crippen LogP contribution in [0.3, 0.4) is 0 Å². The van der Waals surface area contributed by atoms with Gasteiger partial charge in [-0.15, -0.1) is 0 Å². The van der Waals surface area contributed by atoms with Crippen molar-refractivity contribution in [3.05, 3.63) is 47.3 Å². The van der Waals surface area contributed by atoms with E-state index in [4.69, 9.17) is 15.1 Å². The molecular weight excluding hydrogens is 274 g/mol. The number of esters is 1. The summed E-state index contributed by atoms with van der Waals surface area (Å²) in [6, 6.07) is 5.99. The molecule has 7 heteroatoms. The Morgan fingerprint density at radius 3 is 2.81 bits per heavy atom. The van der Waals surface area contributed by atoms with Crippen molar-refractivity contribution < 1.29 is 19.4 Å². The highest BCUT2D eigenvalue weighted by atomic mass is 16.5. The first-order valence-corrected chi connectivity index (χ1v) is 6.06. The molecule has 2 rings (SSSR count). The summed E-state index contributed by atoms with van der Waals surface area (Å²) in [6.07, 6.45) is 2.75. The Morgan fingerprint density at radius 2 is 2.19 bits per heavy atom. The van der Waals surface area contributed by atoms with Gasteiger partial charge in [0.1, 0.15) is 6.07 Å². The van der Waals surface area contributed by atoms with Gasteiger partial charge in [0, 0.05) is 6.20 Å². The SMILES string of the molecule is CCOC(=O)c1cnn(-c2ccc(C(=O)O)cc2C#N)c1. The highest BCUT2D eigenvalue weighted by Gasteiger charge is 2.14. The van der Waals surface area contributed by atoms with Gasteiger partial charge in [0.15, 0.2) is 0 Å². The summed E-state index contributed by atoms with van der Waals surface area (Å²) in [6.45, 7) is 1.95. The first-order valence-electron chi connectivity index (χ1n) is 6.06. The molecule has 0 spiro atoms. The molecule has 0 fully saturated rings. The average Bonchev–Trinajstić information content (AvgIpc) is 2.96. The second-order valence-corrected chi connectivity index (χ2v) is 4.04. The monoisotopic (exact) mass is 285 g/mol. The van der Waals surface area contributed by atoms with Crippen LogP contribution in [0.25, 0.3) is 5.69 Å². The third kappa shape index (κ3) is 2.90. The van der Waals surface area contributed by atoms with E-state index in [-0.39, 0.29) is 23.3 Å². The third-order valence-corrected chi connectivity index (χ3v) is 2.70. The molecule has 7 nitrogen and oxygen atoms in total. The summed E-state index contributed by atoms with van der Waals surface area (Å²) < 4.78 is 6.18.